The van der Waals surface area contributed by atoms with E-state index in [9.17, 15) is 32.8 Å². The van der Waals surface area contributed by atoms with Gasteiger partial charge in [-0.2, -0.15) is 18.4 Å². The normalized spacial score (nSPS) is 21.4. The summed E-state index contributed by atoms with van der Waals surface area (Å²) in [5, 5.41) is 12.1. The molecule has 1 saturated heterocycles. The molecule has 11 heteroatoms. The van der Waals surface area contributed by atoms with Crippen LogP contribution in [-0.4, -0.2) is 48.9 Å². The summed E-state index contributed by atoms with van der Waals surface area (Å²) in [7, 11) is 0. The number of anilines is 1. The number of carbonyl (C=O) groups excluding carboxylic acids is 3. The van der Waals surface area contributed by atoms with Crippen molar-refractivity contribution >= 4 is 23.4 Å². The van der Waals surface area contributed by atoms with Gasteiger partial charge in [-0.15, -0.1) is 0 Å². The Bertz CT molecular complexity index is 1410. The molecular weight excluding hydrogens is 537 g/mol. The number of rotatable bonds is 6. The fourth-order valence-electron chi connectivity index (χ4n) is 5.67. The molecule has 0 radical (unpaired) electrons. The molecule has 1 N–H and O–H groups in total. The van der Waals surface area contributed by atoms with E-state index in [0.29, 0.717) is 49.4 Å². The quantitative estimate of drug-likeness (QED) is 0.524. The Morgan fingerprint density at radius 3 is 2.56 bits per heavy atom. The minimum Gasteiger partial charge on any atom is -0.381 e. The number of carbonyl (C=O) groups is 3. The van der Waals surface area contributed by atoms with Gasteiger partial charge in [0.05, 0.1) is 35.5 Å². The van der Waals surface area contributed by atoms with Crippen LogP contribution in [0.5, 0.6) is 0 Å². The molecule has 2 aliphatic heterocycles. The van der Waals surface area contributed by atoms with Crippen molar-refractivity contribution in [3.05, 3.63) is 76.5 Å². The van der Waals surface area contributed by atoms with Crippen molar-refractivity contribution in [3.8, 4) is 6.07 Å². The largest absolute Gasteiger partial charge is 0.416 e. The molecule has 5 rings (SSSR count). The van der Waals surface area contributed by atoms with Crippen LogP contribution in [-0.2, 0) is 20.5 Å². The van der Waals surface area contributed by atoms with E-state index in [0.717, 1.165) is 29.9 Å². The molecule has 3 amide bonds. The molecule has 1 fully saturated rings. The Morgan fingerprint density at radius 2 is 1.88 bits per heavy atom. The fraction of sp³-hybridized carbons (Fsp3) is 0.400. The van der Waals surface area contributed by atoms with Crippen molar-refractivity contribution in [3.63, 3.8) is 0 Å². The fourth-order valence-corrected chi connectivity index (χ4v) is 5.67. The number of ketones is 1. The first-order valence-electron chi connectivity index (χ1n) is 13.6. The van der Waals surface area contributed by atoms with Gasteiger partial charge in [0.15, 0.2) is 5.78 Å². The van der Waals surface area contributed by atoms with Crippen LogP contribution < -0.4 is 10.2 Å². The first kappa shape index (κ1) is 28.4. The number of nitrogens with zero attached hydrogens (tertiary/aromatic N) is 3. The second kappa shape index (κ2) is 11.7. The number of allylic oxidation sites excluding steroid dienone is 1. The van der Waals surface area contributed by atoms with Crippen LogP contribution in [0.25, 0.3) is 0 Å². The number of alkyl halides is 3. The minimum atomic E-state index is -4.64. The number of Topliss-reactive ketones (excluding diaryl/α,β-unsaturated/α-hetero) is 1. The summed E-state index contributed by atoms with van der Waals surface area (Å²) in [6, 6.07) is 11.2. The topological polar surface area (TPSA) is 103 Å². The summed E-state index contributed by atoms with van der Waals surface area (Å²) in [4.78, 5) is 43.2. The Kier molecular flexibility index (Phi) is 8.13. The van der Waals surface area contributed by atoms with Gasteiger partial charge in [0.1, 0.15) is 6.54 Å². The van der Waals surface area contributed by atoms with Gasteiger partial charge < -0.3 is 15.0 Å². The zero-order valence-electron chi connectivity index (χ0n) is 22.2. The maximum Gasteiger partial charge on any atom is 0.416 e. The highest BCUT2D eigenvalue weighted by molar-refractivity contribution is 6.07. The van der Waals surface area contributed by atoms with E-state index in [2.05, 4.69) is 5.32 Å². The highest BCUT2D eigenvalue weighted by Gasteiger charge is 2.45. The van der Waals surface area contributed by atoms with Crippen LogP contribution in [0.4, 0.5) is 23.7 Å². The van der Waals surface area contributed by atoms with Crippen molar-refractivity contribution in [1.29, 1.82) is 5.26 Å². The molecule has 214 valence electrons. The Labute approximate surface area is 235 Å². The van der Waals surface area contributed by atoms with Gasteiger partial charge in [0.25, 0.3) is 0 Å². The van der Waals surface area contributed by atoms with Crippen LogP contribution in [0.15, 0.2) is 59.8 Å². The Morgan fingerprint density at radius 1 is 1.10 bits per heavy atom. The number of amides is 3. The highest BCUT2D eigenvalue weighted by atomic mass is 19.4. The van der Waals surface area contributed by atoms with E-state index in [1.54, 1.807) is 24.3 Å². The van der Waals surface area contributed by atoms with Crippen LogP contribution in [0.2, 0.25) is 0 Å². The molecule has 0 saturated carbocycles. The predicted octanol–water partition coefficient (Wildman–Crippen LogP) is 5.11. The molecule has 0 spiro atoms. The third kappa shape index (κ3) is 5.98. The SMILES string of the molecule is N#Cc1ccc(C2C3=C(CCCC3=O)N(c3cccc(C(F)(F)F)c3)C(=O)N2CC(=O)NCC2CCCOC2)cc1. The summed E-state index contributed by atoms with van der Waals surface area (Å²) in [5.74, 6) is -0.566. The number of ether oxygens (including phenoxy) is 1. The number of urea groups is 1. The number of hydrogen-bond donors (Lipinski definition) is 1. The number of nitriles is 1. The molecular formula is C30H29F3N4O4. The number of nitrogens with one attached hydrogen (secondary N) is 1. The third-order valence-electron chi connectivity index (χ3n) is 7.66. The second-order valence-corrected chi connectivity index (χ2v) is 10.5. The van der Waals surface area contributed by atoms with E-state index in [1.807, 2.05) is 6.07 Å². The van der Waals surface area contributed by atoms with Gasteiger partial charge in [-0.25, -0.2) is 4.79 Å². The monoisotopic (exact) mass is 566 g/mol. The Balaban J connectivity index is 1.57. The van der Waals surface area contributed by atoms with Gasteiger partial charge in [-0.1, -0.05) is 18.2 Å². The lowest BCUT2D eigenvalue weighted by atomic mass is 9.83. The summed E-state index contributed by atoms with van der Waals surface area (Å²) >= 11 is 0. The second-order valence-electron chi connectivity index (χ2n) is 10.5. The van der Waals surface area contributed by atoms with Crippen molar-refractivity contribution in [1.82, 2.24) is 10.2 Å². The number of halogens is 3. The lowest BCUT2D eigenvalue weighted by molar-refractivity contribution is -0.137. The maximum absolute atomic E-state index is 14.2. The van der Waals surface area contributed by atoms with Crippen LogP contribution in [0.3, 0.4) is 0 Å². The van der Waals surface area contributed by atoms with E-state index in [1.165, 1.54) is 17.0 Å². The third-order valence-corrected chi connectivity index (χ3v) is 7.66. The summed E-state index contributed by atoms with van der Waals surface area (Å²) in [5.41, 5.74) is 0.541. The number of benzene rings is 2. The van der Waals surface area contributed by atoms with Crippen LogP contribution in [0.1, 0.15) is 54.8 Å². The lowest BCUT2D eigenvalue weighted by Crippen LogP contribution is -2.54. The maximum atomic E-state index is 14.2. The summed E-state index contributed by atoms with van der Waals surface area (Å²) in [6.07, 6.45) is -1.91. The summed E-state index contributed by atoms with van der Waals surface area (Å²) < 4.78 is 46.3. The smallest absolute Gasteiger partial charge is 0.381 e. The van der Waals surface area contributed by atoms with Crippen molar-refractivity contribution in [2.75, 3.05) is 31.2 Å². The molecule has 2 aromatic carbocycles. The Hall–Kier alpha value is -4.17. The molecule has 2 unspecified atom stereocenters. The molecule has 0 bridgehead atoms. The average Bonchev–Trinajstić information content (AvgIpc) is 2.97. The van der Waals surface area contributed by atoms with E-state index in [4.69, 9.17) is 4.74 Å². The molecule has 2 atom stereocenters. The van der Waals surface area contributed by atoms with Gasteiger partial charge in [0.2, 0.25) is 5.91 Å². The van der Waals surface area contributed by atoms with Gasteiger partial charge >= 0.3 is 12.2 Å². The van der Waals surface area contributed by atoms with Gasteiger partial charge in [0, 0.05) is 30.8 Å². The minimum absolute atomic E-state index is 0.0323. The van der Waals surface area contributed by atoms with Crippen molar-refractivity contribution in [2.24, 2.45) is 5.92 Å². The molecule has 2 aromatic rings. The zero-order valence-corrected chi connectivity index (χ0v) is 22.2. The molecule has 2 heterocycles. The molecule has 8 nitrogen and oxygen atoms in total. The lowest BCUT2D eigenvalue weighted by Gasteiger charge is -2.45. The molecule has 3 aliphatic rings. The van der Waals surface area contributed by atoms with Crippen LogP contribution in [0, 0.1) is 17.2 Å². The first-order chi connectivity index (χ1) is 19.7. The van der Waals surface area contributed by atoms with Gasteiger partial charge in [-0.05, 0) is 67.5 Å². The molecule has 0 aromatic heterocycles. The van der Waals surface area contributed by atoms with Crippen molar-refractivity contribution < 1.29 is 32.3 Å². The predicted molar refractivity (Wildman–Crippen MR) is 142 cm³/mol. The summed E-state index contributed by atoms with van der Waals surface area (Å²) in [6.45, 7) is 1.13. The van der Waals surface area contributed by atoms with E-state index in [-0.39, 0.29) is 29.4 Å². The van der Waals surface area contributed by atoms with Crippen LogP contribution >= 0.6 is 0 Å². The zero-order chi connectivity index (χ0) is 29.1. The van der Waals surface area contributed by atoms with E-state index >= 15 is 0 Å². The van der Waals surface area contributed by atoms with Crippen molar-refractivity contribution in [2.45, 2.75) is 44.3 Å². The van der Waals surface area contributed by atoms with Gasteiger partial charge in [-0.3, -0.25) is 14.5 Å². The number of hydrogen-bond acceptors (Lipinski definition) is 5. The average molecular weight is 567 g/mol. The first-order valence-corrected chi connectivity index (χ1v) is 13.6. The standard InChI is InChI=1S/C30H29F3N4O4/c31-30(32,33)22-5-1-6-23(14-22)37-24-7-2-8-25(38)27(24)28(21-11-9-19(15-34)10-12-21)36(29(37)40)17-26(39)35-16-20-4-3-13-41-18-20/h1,5-6,9-12,14,20,28H,2-4,7-8,13,16-18H2,(H,35,39). The van der Waals surface area contributed by atoms with E-state index < -0.39 is 36.3 Å². The molecule has 1 aliphatic carbocycles. The molecule has 41 heavy (non-hydrogen) atoms. The highest BCUT2D eigenvalue weighted by Crippen LogP contribution is 2.44.